The zero-order valence-electron chi connectivity index (χ0n) is 16.9. The van der Waals surface area contributed by atoms with Crippen LogP contribution in [0.25, 0.3) is 28.1 Å². The van der Waals surface area contributed by atoms with Gasteiger partial charge in [-0.05, 0) is 29.8 Å². The highest BCUT2D eigenvalue weighted by Gasteiger charge is 2.17. The third-order valence-corrected chi connectivity index (χ3v) is 6.18. The Labute approximate surface area is 193 Å². The number of hydrogen-bond donors (Lipinski definition) is 1. The molecule has 2 aromatic heterocycles. The van der Waals surface area contributed by atoms with E-state index in [-0.39, 0.29) is 11.7 Å². The van der Waals surface area contributed by atoms with Crippen molar-refractivity contribution in [3.8, 4) is 11.4 Å². The maximum Gasteiger partial charge on any atom is 0.230 e. The van der Waals surface area contributed by atoms with Crippen LogP contribution >= 0.6 is 23.4 Å². The summed E-state index contributed by atoms with van der Waals surface area (Å²) in [4.78, 5) is 17.2. The van der Waals surface area contributed by atoms with Crippen LogP contribution in [0.1, 0.15) is 5.56 Å². The molecule has 2 heterocycles. The molecule has 8 heteroatoms. The molecule has 0 unspecified atom stereocenters. The minimum atomic E-state index is -0.0825. The molecule has 0 bridgehead atoms. The normalized spacial score (nSPS) is 11.2. The van der Waals surface area contributed by atoms with Crippen LogP contribution in [0.5, 0.6) is 0 Å². The molecule has 158 valence electrons. The van der Waals surface area contributed by atoms with Crippen LogP contribution in [0.3, 0.4) is 0 Å². The molecule has 0 aliphatic rings. The molecule has 6 nitrogen and oxygen atoms in total. The Hall–Kier alpha value is -3.42. The molecular weight excluding hydrogens is 442 g/mol. The third kappa shape index (κ3) is 4.17. The summed E-state index contributed by atoms with van der Waals surface area (Å²) in [5.41, 5.74) is 4.33. The lowest BCUT2D eigenvalue weighted by Gasteiger charge is -2.09. The summed E-state index contributed by atoms with van der Waals surface area (Å²) < 4.78 is 2.01. The first-order valence-electron chi connectivity index (χ1n) is 10.0. The van der Waals surface area contributed by atoms with Crippen molar-refractivity contribution in [2.24, 2.45) is 0 Å². The van der Waals surface area contributed by atoms with Crippen LogP contribution in [0.4, 0.5) is 0 Å². The minimum absolute atomic E-state index is 0.0825. The number of nitrogens with one attached hydrogen (secondary N) is 1. The Morgan fingerprint density at radius 3 is 2.50 bits per heavy atom. The first-order chi connectivity index (χ1) is 15.7. The van der Waals surface area contributed by atoms with E-state index in [9.17, 15) is 4.79 Å². The van der Waals surface area contributed by atoms with Gasteiger partial charge >= 0.3 is 0 Å². The fraction of sp³-hybridized carbons (Fsp3) is 0.0833. The van der Waals surface area contributed by atoms with E-state index in [1.165, 1.54) is 11.8 Å². The summed E-state index contributed by atoms with van der Waals surface area (Å²) >= 11 is 7.26. The number of halogens is 1. The predicted octanol–water partition coefficient (Wildman–Crippen LogP) is 5.01. The van der Waals surface area contributed by atoms with Gasteiger partial charge in [-0.3, -0.25) is 9.20 Å². The summed E-state index contributed by atoms with van der Waals surface area (Å²) in [5.74, 6) is 0.886. The van der Waals surface area contributed by atoms with Crippen molar-refractivity contribution in [2.75, 3.05) is 5.75 Å². The molecule has 0 aliphatic carbocycles. The second-order valence-electron chi connectivity index (χ2n) is 7.15. The highest BCUT2D eigenvalue weighted by atomic mass is 35.5. The van der Waals surface area contributed by atoms with E-state index in [1.54, 1.807) is 0 Å². The predicted molar refractivity (Wildman–Crippen MR) is 128 cm³/mol. The molecule has 0 fully saturated rings. The van der Waals surface area contributed by atoms with E-state index >= 15 is 0 Å². The van der Waals surface area contributed by atoms with Gasteiger partial charge in [-0.15, -0.1) is 10.2 Å². The second kappa shape index (κ2) is 8.98. The number of carbonyl (C=O) groups is 1. The van der Waals surface area contributed by atoms with Gasteiger partial charge in [0, 0.05) is 17.1 Å². The van der Waals surface area contributed by atoms with Gasteiger partial charge in [-0.2, -0.15) is 0 Å². The smallest absolute Gasteiger partial charge is 0.230 e. The van der Waals surface area contributed by atoms with E-state index in [0.29, 0.717) is 22.2 Å². The van der Waals surface area contributed by atoms with Gasteiger partial charge in [0.1, 0.15) is 5.03 Å². The van der Waals surface area contributed by atoms with Gasteiger partial charge in [0.05, 0.1) is 16.8 Å². The molecule has 3 aromatic carbocycles. The van der Waals surface area contributed by atoms with Crippen molar-refractivity contribution in [1.29, 1.82) is 0 Å². The van der Waals surface area contributed by atoms with E-state index in [0.717, 1.165) is 28.0 Å². The SMILES string of the molecule is O=C(CSc1nc2ccccc2n2c(-c3ccccc3)nnc12)NCc1ccc(Cl)cc1. The van der Waals surface area contributed by atoms with Gasteiger partial charge in [0.15, 0.2) is 11.5 Å². The van der Waals surface area contributed by atoms with Crippen molar-refractivity contribution in [2.45, 2.75) is 11.6 Å². The molecule has 32 heavy (non-hydrogen) atoms. The van der Waals surface area contributed by atoms with Crippen LogP contribution < -0.4 is 5.32 Å². The number of hydrogen-bond acceptors (Lipinski definition) is 5. The van der Waals surface area contributed by atoms with Crippen LogP contribution in [-0.2, 0) is 11.3 Å². The quantitative estimate of drug-likeness (QED) is 0.361. The van der Waals surface area contributed by atoms with Crippen LogP contribution in [0, 0.1) is 0 Å². The maximum atomic E-state index is 12.5. The molecule has 0 saturated heterocycles. The number of rotatable bonds is 6. The maximum absolute atomic E-state index is 12.5. The molecule has 0 aliphatic heterocycles. The van der Waals surface area contributed by atoms with Crippen LogP contribution in [-0.4, -0.2) is 31.2 Å². The molecule has 0 atom stereocenters. The second-order valence-corrected chi connectivity index (χ2v) is 8.55. The number of carbonyl (C=O) groups excluding carboxylic acids is 1. The first-order valence-corrected chi connectivity index (χ1v) is 11.4. The summed E-state index contributed by atoms with van der Waals surface area (Å²) in [5, 5.41) is 13.1. The number of nitrogens with zero attached hydrogens (tertiary/aromatic N) is 4. The van der Waals surface area contributed by atoms with Crippen LogP contribution in [0.15, 0.2) is 83.9 Å². The highest BCUT2D eigenvalue weighted by Crippen LogP contribution is 2.29. The Morgan fingerprint density at radius 2 is 1.69 bits per heavy atom. The number of benzene rings is 3. The zero-order chi connectivity index (χ0) is 21.9. The average molecular weight is 460 g/mol. The van der Waals surface area contributed by atoms with E-state index < -0.39 is 0 Å². The molecule has 1 amide bonds. The van der Waals surface area contributed by atoms with Crippen molar-refractivity contribution < 1.29 is 4.79 Å². The number of thioether (sulfide) groups is 1. The topological polar surface area (TPSA) is 72.2 Å². The summed E-state index contributed by atoms with van der Waals surface area (Å²) in [7, 11) is 0. The van der Waals surface area contributed by atoms with E-state index in [4.69, 9.17) is 16.6 Å². The highest BCUT2D eigenvalue weighted by molar-refractivity contribution is 8.00. The van der Waals surface area contributed by atoms with Gasteiger partial charge in [-0.1, -0.05) is 78.0 Å². The number of para-hydroxylation sites is 2. The van der Waals surface area contributed by atoms with Crippen molar-refractivity contribution in [1.82, 2.24) is 24.9 Å². The Balaban J connectivity index is 1.42. The van der Waals surface area contributed by atoms with E-state index in [1.807, 2.05) is 83.3 Å². The lowest BCUT2D eigenvalue weighted by molar-refractivity contribution is -0.118. The largest absolute Gasteiger partial charge is 0.351 e. The minimum Gasteiger partial charge on any atom is -0.351 e. The average Bonchev–Trinajstić information content (AvgIpc) is 3.28. The molecule has 0 spiro atoms. The molecule has 5 aromatic rings. The fourth-order valence-corrected chi connectivity index (χ4v) is 4.34. The van der Waals surface area contributed by atoms with Crippen LogP contribution in [0.2, 0.25) is 5.02 Å². The number of aromatic nitrogens is 4. The van der Waals surface area contributed by atoms with E-state index in [2.05, 4.69) is 15.5 Å². The molecule has 5 rings (SSSR count). The van der Waals surface area contributed by atoms with Crippen molar-refractivity contribution in [3.63, 3.8) is 0 Å². The third-order valence-electron chi connectivity index (χ3n) is 4.97. The van der Waals surface area contributed by atoms with Gasteiger partial charge in [-0.25, -0.2) is 4.98 Å². The number of amides is 1. The molecule has 1 N–H and O–H groups in total. The van der Waals surface area contributed by atoms with Gasteiger partial charge in [0.25, 0.3) is 0 Å². The van der Waals surface area contributed by atoms with Crippen molar-refractivity contribution >= 4 is 46.0 Å². The molecule has 0 saturated carbocycles. The first kappa shape index (κ1) is 20.5. The standard InChI is InChI=1S/C24H18ClN5OS/c25-18-12-10-16(11-13-18)14-26-21(31)15-32-24-23-29-28-22(17-6-2-1-3-7-17)30(23)20-9-5-4-8-19(20)27-24/h1-13H,14-15H2,(H,26,31). The lowest BCUT2D eigenvalue weighted by Crippen LogP contribution is -2.24. The summed E-state index contributed by atoms with van der Waals surface area (Å²) in [6, 6.07) is 25.2. The summed E-state index contributed by atoms with van der Waals surface area (Å²) in [6.45, 7) is 0.445. The fourth-order valence-electron chi connectivity index (χ4n) is 3.42. The van der Waals surface area contributed by atoms with Crippen molar-refractivity contribution in [3.05, 3.63) is 89.4 Å². The monoisotopic (exact) mass is 459 g/mol. The number of fused-ring (bicyclic) bond motifs is 3. The summed E-state index contributed by atoms with van der Waals surface area (Å²) in [6.07, 6.45) is 0. The van der Waals surface area contributed by atoms with Gasteiger partial charge < -0.3 is 5.32 Å². The Kier molecular flexibility index (Phi) is 5.75. The van der Waals surface area contributed by atoms with Gasteiger partial charge in [0.2, 0.25) is 5.91 Å². The Bertz CT molecular complexity index is 1400. The Morgan fingerprint density at radius 1 is 0.938 bits per heavy atom. The zero-order valence-corrected chi connectivity index (χ0v) is 18.5. The molecule has 0 radical (unpaired) electrons. The molecular formula is C24H18ClN5OS. The lowest BCUT2D eigenvalue weighted by atomic mass is 10.2.